The van der Waals surface area contributed by atoms with Crippen molar-refractivity contribution in [1.29, 1.82) is 0 Å². The number of aliphatic hydroxyl groups is 1. The van der Waals surface area contributed by atoms with Gasteiger partial charge in [-0.2, -0.15) is 0 Å². The van der Waals surface area contributed by atoms with Crippen molar-refractivity contribution in [2.45, 2.75) is 26.3 Å². The number of nitro groups is 1. The second-order valence-electron chi connectivity index (χ2n) is 4.63. The summed E-state index contributed by atoms with van der Waals surface area (Å²) in [7, 11) is 0. The Balaban J connectivity index is 3.20. The minimum absolute atomic E-state index is 0.0263. The van der Waals surface area contributed by atoms with E-state index >= 15 is 0 Å². The van der Waals surface area contributed by atoms with Crippen LogP contribution < -0.4 is 4.90 Å². The van der Waals surface area contributed by atoms with Crippen LogP contribution in [-0.4, -0.2) is 40.3 Å². The van der Waals surface area contributed by atoms with Gasteiger partial charge in [-0.15, -0.1) is 0 Å². The Morgan fingerprint density at radius 2 is 2.10 bits per heavy atom. The lowest BCUT2D eigenvalue weighted by Gasteiger charge is -2.28. The number of aliphatic hydroxyl groups excluding tert-OH is 1. The highest BCUT2D eigenvalue weighted by Crippen LogP contribution is 2.27. The summed E-state index contributed by atoms with van der Waals surface area (Å²) in [6.45, 7) is 4.42. The summed E-state index contributed by atoms with van der Waals surface area (Å²) in [5.74, 6) is -1.32. The van der Waals surface area contributed by atoms with E-state index in [9.17, 15) is 14.9 Å². The summed E-state index contributed by atoms with van der Waals surface area (Å²) >= 11 is 0. The van der Waals surface area contributed by atoms with E-state index in [0.29, 0.717) is 18.7 Å². The molecule has 0 radical (unpaired) electrons. The molecule has 0 aliphatic rings. The molecular formula is C13H18N2O5. The fourth-order valence-corrected chi connectivity index (χ4v) is 1.96. The Labute approximate surface area is 116 Å². The van der Waals surface area contributed by atoms with E-state index in [1.165, 1.54) is 12.1 Å². The van der Waals surface area contributed by atoms with Crippen molar-refractivity contribution >= 4 is 17.3 Å². The molecule has 7 nitrogen and oxygen atoms in total. The van der Waals surface area contributed by atoms with Gasteiger partial charge in [0.15, 0.2) is 0 Å². The number of rotatable bonds is 7. The Morgan fingerprint density at radius 3 is 2.55 bits per heavy atom. The summed E-state index contributed by atoms with van der Waals surface area (Å²) in [6, 6.07) is 4.13. The summed E-state index contributed by atoms with van der Waals surface area (Å²) in [5, 5.41) is 28.8. The molecule has 0 heterocycles. The van der Waals surface area contributed by atoms with Crippen LogP contribution in [0.5, 0.6) is 0 Å². The zero-order valence-corrected chi connectivity index (χ0v) is 11.4. The Kier molecular flexibility index (Phi) is 5.45. The predicted molar refractivity (Wildman–Crippen MR) is 74.2 cm³/mol. The molecule has 0 aromatic heterocycles. The molecule has 20 heavy (non-hydrogen) atoms. The molecule has 0 atom stereocenters. The van der Waals surface area contributed by atoms with Crippen molar-refractivity contribution in [2.24, 2.45) is 0 Å². The first-order chi connectivity index (χ1) is 9.38. The normalized spacial score (nSPS) is 10.6. The van der Waals surface area contributed by atoms with E-state index in [2.05, 4.69) is 0 Å². The van der Waals surface area contributed by atoms with Crippen LogP contribution in [0.25, 0.3) is 0 Å². The van der Waals surface area contributed by atoms with Gasteiger partial charge in [-0.1, -0.05) is 0 Å². The van der Waals surface area contributed by atoms with Crippen LogP contribution >= 0.6 is 0 Å². The number of nitrogens with zero attached hydrogens (tertiary/aromatic N) is 2. The molecule has 7 heteroatoms. The van der Waals surface area contributed by atoms with Gasteiger partial charge in [-0.05, 0) is 32.4 Å². The third-order valence-electron chi connectivity index (χ3n) is 2.92. The number of hydrogen-bond donors (Lipinski definition) is 2. The van der Waals surface area contributed by atoms with E-state index in [0.717, 1.165) is 0 Å². The number of benzene rings is 1. The molecule has 0 fully saturated rings. The van der Waals surface area contributed by atoms with Gasteiger partial charge in [0.25, 0.3) is 5.69 Å². The lowest BCUT2D eigenvalue weighted by Crippen LogP contribution is -2.32. The lowest BCUT2D eigenvalue weighted by molar-refractivity contribution is -0.385. The highest BCUT2D eigenvalue weighted by atomic mass is 16.6. The molecule has 0 aliphatic heterocycles. The molecule has 0 aliphatic carbocycles. The highest BCUT2D eigenvalue weighted by Gasteiger charge is 2.22. The number of aromatic carboxylic acids is 1. The van der Waals surface area contributed by atoms with E-state index < -0.39 is 16.6 Å². The molecule has 0 bridgehead atoms. The van der Waals surface area contributed by atoms with Gasteiger partial charge in [0.2, 0.25) is 0 Å². The zero-order valence-electron chi connectivity index (χ0n) is 11.4. The molecule has 0 unspecified atom stereocenters. The molecule has 1 rings (SSSR count). The van der Waals surface area contributed by atoms with Gasteiger partial charge in [-0.3, -0.25) is 10.1 Å². The number of carboxylic acid groups (broad SMARTS) is 1. The number of carboxylic acids is 1. The summed E-state index contributed by atoms with van der Waals surface area (Å²) in [6.07, 6.45) is 0.534. The van der Waals surface area contributed by atoms with E-state index in [4.69, 9.17) is 10.2 Å². The monoisotopic (exact) mass is 282 g/mol. The third-order valence-corrected chi connectivity index (χ3v) is 2.92. The highest BCUT2D eigenvalue weighted by molar-refractivity contribution is 5.93. The summed E-state index contributed by atoms with van der Waals surface area (Å²) < 4.78 is 0. The second-order valence-corrected chi connectivity index (χ2v) is 4.63. The van der Waals surface area contributed by atoms with Crippen LogP contribution in [0.2, 0.25) is 0 Å². The van der Waals surface area contributed by atoms with Gasteiger partial charge in [0, 0.05) is 30.9 Å². The average Bonchev–Trinajstić information content (AvgIpc) is 2.38. The van der Waals surface area contributed by atoms with Crippen molar-refractivity contribution in [3.8, 4) is 0 Å². The smallest absolute Gasteiger partial charge is 0.342 e. The maximum atomic E-state index is 11.0. The molecule has 0 saturated heterocycles. The van der Waals surface area contributed by atoms with Gasteiger partial charge in [0.1, 0.15) is 5.56 Å². The van der Waals surface area contributed by atoms with Crippen LogP contribution in [0, 0.1) is 10.1 Å². The standard InChI is InChI=1S/C13H18N2O5/c1-9(2)14(6-3-7-16)10-4-5-11(13(17)18)12(8-10)15(19)20/h4-5,8-9,16H,3,6-7H2,1-2H3,(H,17,18). The minimum atomic E-state index is -1.32. The number of nitro benzene ring substituents is 1. The molecule has 1 aromatic carbocycles. The maximum Gasteiger partial charge on any atom is 0.342 e. The predicted octanol–water partition coefficient (Wildman–Crippen LogP) is 1.89. The van der Waals surface area contributed by atoms with Crippen LogP contribution in [0.4, 0.5) is 11.4 Å². The first-order valence-electron chi connectivity index (χ1n) is 6.27. The van der Waals surface area contributed by atoms with E-state index in [-0.39, 0.29) is 18.2 Å². The van der Waals surface area contributed by atoms with Crippen LogP contribution in [0.15, 0.2) is 18.2 Å². The van der Waals surface area contributed by atoms with Crippen LogP contribution in [0.3, 0.4) is 0 Å². The van der Waals surface area contributed by atoms with E-state index in [1.54, 1.807) is 6.07 Å². The molecule has 2 N–H and O–H groups in total. The Morgan fingerprint density at radius 1 is 1.45 bits per heavy atom. The molecule has 110 valence electrons. The number of hydrogen-bond acceptors (Lipinski definition) is 5. The first-order valence-corrected chi connectivity index (χ1v) is 6.27. The van der Waals surface area contributed by atoms with Gasteiger partial charge in [-0.25, -0.2) is 4.79 Å². The molecule has 1 aromatic rings. The van der Waals surface area contributed by atoms with Crippen molar-refractivity contribution in [1.82, 2.24) is 0 Å². The van der Waals surface area contributed by atoms with Crippen LogP contribution in [-0.2, 0) is 0 Å². The molecular weight excluding hydrogens is 264 g/mol. The number of carbonyl (C=O) groups is 1. The molecule has 0 spiro atoms. The fourth-order valence-electron chi connectivity index (χ4n) is 1.96. The maximum absolute atomic E-state index is 11.0. The first kappa shape index (κ1) is 15.9. The SMILES string of the molecule is CC(C)N(CCCO)c1ccc(C(=O)O)c([N+](=O)[O-])c1. The third kappa shape index (κ3) is 3.67. The zero-order chi connectivity index (χ0) is 15.3. The Hall–Kier alpha value is -2.15. The number of anilines is 1. The summed E-state index contributed by atoms with van der Waals surface area (Å²) in [4.78, 5) is 23.1. The second kappa shape index (κ2) is 6.85. The quantitative estimate of drug-likeness (QED) is 0.584. The van der Waals surface area contributed by atoms with Gasteiger partial charge >= 0.3 is 5.97 Å². The fraction of sp³-hybridized carbons (Fsp3) is 0.462. The largest absolute Gasteiger partial charge is 0.477 e. The topological polar surface area (TPSA) is 104 Å². The van der Waals surface area contributed by atoms with Crippen molar-refractivity contribution in [2.75, 3.05) is 18.1 Å². The van der Waals surface area contributed by atoms with Crippen molar-refractivity contribution < 1.29 is 19.9 Å². The van der Waals surface area contributed by atoms with Gasteiger partial charge in [0.05, 0.1) is 4.92 Å². The summed E-state index contributed by atoms with van der Waals surface area (Å²) in [5.41, 5.74) is -0.181. The van der Waals surface area contributed by atoms with E-state index in [1.807, 2.05) is 18.7 Å². The molecule has 0 amide bonds. The lowest BCUT2D eigenvalue weighted by atomic mass is 10.1. The minimum Gasteiger partial charge on any atom is -0.477 e. The van der Waals surface area contributed by atoms with Crippen LogP contribution in [0.1, 0.15) is 30.6 Å². The van der Waals surface area contributed by atoms with Crippen molar-refractivity contribution in [3.05, 3.63) is 33.9 Å². The Bertz CT molecular complexity index is 502. The van der Waals surface area contributed by atoms with Gasteiger partial charge < -0.3 is 15.1 Å². The molecule has 0 saturated carbocycles. The van der Waals surface area contributed by atoms with Crippen molar-refractivity contribution in [3.63, 3.8) is 0 Å². The average molecular weight is 282 g/mol.